The maximum atomic E-state index is 11.6. The number of anilines is 1. The van der Waals surface area contributed by atoms with Crippen LogP contribution in [0, 0.1) is 0 Å². The van der Waals surface area contributed by atoms with Crippen molar-refractivity contribution in [3.8, 4) is 0 Å². The molecule has 0 atom stereocenters. The maximum absolute atomic E-state index is 11.6. The van der Waals surface area contributed by atoms with Crippen LogP contribution in [-0.4, -0.2) is 56.9 Å². The number of guanidine groups is 1. The molecule has 1 amide bonds. The molecule has 1 saturated heterocycles. The minimum absolute atomic E-state index is 0.373. The maximum Gasteiger partial charge on any atom is 0.407 e. The Morgan fingerprint density at radius 1 is 1.30 bits per heavy atom. The zero-order chi connectivity index (χ0) is 19.7. The topological polar surface area (TPSA) is 78.0 Å². The highest BCUT2D eigenvalue weighted by Crippen LogP contribution is 2.24. The van der Waals surface area contributed by atoms with E-state index in [2.05, 4.69) is 43.4 Å². The number of alkyl carbamates (subject to hydrolysis) is 1. The van der Waals surface area contributed by atoms with Gasteiger partial charge in [0.15, 0.2) is 5.96 Å². The predicted molar refractivity (Wildman–Crippen MR) is 113 cm³/mol. The van der Waals surface area contributed by atoms with Gasteiger partial charge in [-0.2, -0.15) is 0 Å². The molecule has 0 spiro atoms. The molecule has 0 saturated carbocycles. The quantitative estimate of drug-likeness (QED) is 0.392. The Hall–Kier alpha value is -1.96. The van der Waals surface area contributed by atoms with Crippen molar-refractivity contribution in [2.24, 2.45) is 4.99 Å². The number of carbonyl (C=O) groups excluding carboxylic acids is 1. The fourth-order valence-electron chi connectivity index (χ4n) is 2.88. The third-order valence-corrected chi connectivity index (χ3v) is 5.12. The Morgan fingerprint density at radius 2 is 2.00 bits per heavy atom. The molecule has 1 aliphatic rings. The van der Waals surface area contributed by atoms with Crippen molar-refractivity contribution in [3.05, 3.63) is 17.5 Å². The van der Waals surface area contributed by atoms with E-state index in [-0.39, 0.29) is 6.09 Å². The Kier molecular flexibility index (Phi) is 8.22. The van der Waals surface area contributed by atoms with Crippen molar-refractivity contribution in [1.29, 1.82) is 0 Å². The van der Waals surface area contributed by atoms with Crippen LogP contribution in [-0.2, 0) is 4.74 Å². The van der Waals surface area contributed by atoms with E-state index in [1.807, 2.05) is 20.8 Å². The molecule has 1 aliphatic heterocycles. The minimum Gasteiger partial charge on any atom is -0.444 e. The monoisotopic (exact) mass is 395 g/mol. The fourth-order valence-corrected chi connectivity index (χ4v) is 3.67. The van der Waals surface area contributed by atoms with Gasteiger partial charge in [0.25, 0.3) is 0 Å². The summed E-state index contributed by atoms with van der Waals surface area (Å²) in [7, 11) is 1.79. The van der Waals surface area contributed by atoms with Crippen LogP contribution in [0.25, 0.3) is 0 Å². The lowest BCUT2D eigenvalue weighted by atomic mass is 10.1. The lowest BCUT2D eigenvalue weighted by Crippen LogP contribution is -2.49. The molecule has 1 aromatic rings. The van der Waals surface area contributed by atoms with Crippen molar-refractivity contribution < 1.29 is 9.53 Å². The number of aliphatic imine (C=N–C) groups is 1. The first-order valence-electron chi connectivity index (χ1n) is 9.60. The van der Waals surface area contributed by atoms with Crippen LogP contribution in [0.5, 0.6) is 0 Å². The normalized spacial score (nSPS) is 16.1. The molecule has 0 aromatic carbocycles. The van der Waals surface area contributed by atoms with Crippen molar-refractivity contribution in [2.75, 3.05) is 38.1 Å². The summed E-state index contributed by atoms with van der Waals surface area (Å²) in [6.45, 7) is 9.00. The third-order valence-electron chi connectivity index (χ3n) is 4.19. The summed E-state index contributed by atoms with van der Waals surface area (Å²) in [5, 5.41) is 13.1. The number of carbonyl (C=O) groups is 1. The molecular weight excluding hydrogens is 362 g/mol. The zero-order valence-corrected chi connectivity index (χ0v) is 17.7. The molecule has 8 heteroatoms. The second-order valence-corrected chi connectivity index (χ2v) is 8.56. The van der Waals surface area contributed by atoms with Crippen LogP contribution >= 0.6 is 11.3 Å². The molecule has 0 radical (unpaired) electrons. The molecule has 27 heavy (non-hydrogen) atoms. The van der Waals surface area contributed by atoms with E-state index < -0.39 is 5.60 Å². The molecule has 0 bridgehead atoms. The van der Waals surface area contributed by atoms with E-state index in [1.165, 1.54) is 5.00 Å². The number of nitrogens with zero attached hydrogens (tertiary/aromatic N) is 2. The number of thiophene rings is 1. The molecule has 152 valence electrons. The zero-order valence-electron chi connectivity index (χ0n) is 16.9. The van der Waals surface area contributed by atoms with Crippen LogP contribution in [0.4, 0.5) is 9.80 Å². The molecule has 2 rings (SSSR count). The molecule has 0 unspecified atom stereocenters. The van der Waals surface area contributed by atoms with Gasteiger partial charge in [0, 0.05) is 39.3 Å². The first-order chi connectivity index (χ1) is 12.9. The average Bonchev–Trinajstić information content (AvgIpc) is 3.14. The summed E-state index contributed by atoms with van der Waals surface area (Å²) in [5.41, 5.74) is -0.465. The summed E-state index contributed by atoms with van der Waals surface area (Å²) >= 11 is 1.80. The molecular formula is C19H33N5O2S. The second-order valence-electron chi connectivity index (χ2n) is 7.64. The summed E-state index contributed by atoms with van der Waals surface area (Å²) in [5.74, 6) is 0.821. The molecule has 0 aliphatic carbocycles. The number of ether oxygens (including phenoxy) is 1. The number of amides is 1. The number of nitrogens with one attached hydrogen (secondary N) is 3. The standard InChI is InChI=1S/C19H33N5O2S/c1-19(2,3)26-18(25)22-11-6-10-21-17(20-4)23-15-8-12-24(13-9-15)16-7-5-14-27-16/h5,7,14-15H,6,8-13H2,1-4H3,(H,22,25)(H2,20,21,23). The Balaban J connectivity index is 1.59. The van der Waals surface area contributed by atoms with Gasteiger partial charge in [0.05, 0.1) is 5.00 Å². The second kappa shape index (κ2) is 10.4. The molecule has 2 heterocycles. The van der Waals surface area contributed by atoms with Crippen LogP contribution in [0.15, 0.2) is 22.5 Å². The van der Waals surface area contributed by atoms with Gasteiger partial charge in [-0.3, -0.25) is 4.99 Å². The number of hydrogen-bond donors (Lipinski definition) is 3. The first kappa shape index (κ1) is 21.3. The van der Waals surface area contributed by atoms with Crippen molar-refractivity contribution >= 4 is 28.4 Å². The van der Waals surface area contributed by atoms with E-state index >= 15 is 0 Å². The number of rotatable bonds is 6. The van der Waals surface area contributed by atoms with Crippen LogP contribution in [0.1, 0.15) is 40.0 Å². The first-order valence-corrected chi connectivity index (χ1v) is 10.5. The van der Waals surface area contributed by atoms with Crippen LogP contribution < -0.4 is 20.9 Å². The Bertz CT molecular complexity index is 590. The Morgan fingerprint density at radius 3 is 2.59 bits per heavy atom. The SMILES string of the molecule is CN=C(NCCCNC(=O)OC(C)(C)C)NC1CCN(c2cccs2)CC1. The molecule has 7 nitrogen and oxygen atoms in total. The van der Waals surface area contributed by atoms with Gasteiger partial charge in [-0.05, 0) is 57.5 Å². The number of piperidine rings is 1. The summed E-state index contributed by atoms with van der Waals surface area (Å²) in [4.78, 5) is 18.3. The third kappa shape index (κ3) is 8.07. The highest BCUT2D eigenvalue weighted by molar-refractivity contribution is 7.14. The average molecular weight is 396 g/mol. The van der Waals surface area contributed by atoms with E-state index in [0.29, 0.717) is 12.6 Å². The summed E-state index contributed by atoms with van der Waals surface area (Å²) in [6, 6.07) is 4.73. The van der Waals surface area contributed by atoms with Gasteiger partial charge < -0.3 is 25.6 Å². The van der Waals surface area contributed by atoms with Gasteiger partial charge >= 0.3 is 6.09 Å². The lowest BCUT2D eigenvalue weighted by Gasteiger charge is -2.33. The lowest BCUT2D eigenvalue weighted by molar-refractivity contribution is 0.0527. The molecule has 1 aromatic heterocycles. The largest absolute Gasteiger partial charge is 0.444 e. The molecule has 3 N–H and O–H groups in total. The van der Waals surface area contributed by atoms with E-state index in [0.717, 1.165) is 44.9 Å². The van der Waals surface area contributed by atoms with Crippen molar-refractivity contribution in [2.45, 2.75) is 51.7 Å². The van der Waals surface area contributed by atoms with E-state index in [9.17, 15) is 4.79 Å². The van der Waals surface area contributed by atoms with Crippen molar-refractivity contribution in [1.82, 2.24) is 16.0 Å². The summed E-state index contributed by atoms with van der Waals surface area (Å²) < 4.78 is 5.21. The highest BCUT2D eigenvalue weighted by Gasteiger charge is 2.20. The predicted octanol–water partition coefficient (Wildman–Crippen LogP) is 2.80. The minimum atomic E-state index is -0.465. The van der Waals surface area contributed by atoms with Gasteiger partial charge in [-0.25, -0.2) is 4.79 Å². The smallest absolute Gasteiger partial charge is 0.407 e. The Labute approximate surface area is 166 Å². The van der Waals surface area contributed by atoms with E-state index in [4.69, 9.17) is 4.74 Å². The fraction of sp³-hybridized carbons (Fsp3) is 0.684. The van der Waals surface area contributed by atoms with Crippen LogP contribution in [0.3, 0.4) is 0 Å². The van der Waals surface area contributed by atoms with Crippen LogP contribution in [0.2, 0.25) is 0 Å². The van der Waals surface area contributed by atoms with Gasteiger partial charge in [-0.1, -0.05) is 0 Å². The summed E-state index contributed by atoms with van der Waals surface area (Å²) in [6.07, 6.45) is 2.62. The number of hydrogen-bond acceptors (Lipinski definition) is 5. The highest BCUT2D eigenvalue weighted by atomic mass is 32.1. The van der Waals surface area contributed by atoms with Crippen molar-refractivity contribution in [3.63, 3.8) is 0 Å². The molecule has 1 fully saturated rings. The van der Waals surface area contributed by atoms with Gasteiger partial charge in [0.2, 0.25) is 0 Å². The van der Waals surface area contributed by atoms with Gasteiger partial charge in [0.1, 0.15) is 5.60 Å². The van der Waals surface area contributed by atoms with Gasteiger partial charge in [-0.15, -0.1) is 11.3 Å². The van der Waals surface area contributed by atoms with E-state index in [1.54, 1.807) is 18.4 Å².